The Hall–Kier alpha value is -2.70. The minimum absolute atomic E-state index is 0.0993. The van der Waals surface area contributed by atoms with Crippen LogP contribution in [0.25, 0.3) is 6.08 Å². The van der Waals surface area contributed by atoms with Gasteiger partial charge in [0.25, 0.3) is 11.6 Å². The maximum atomic E-state index is 12.4. The van der Waals surface area contributed by atoms with E-state index >= 15 is 0 Å². The van der Waals surface area contributed by atoms with Crippen LogP contribution < -0.4 is 0 Å². The predicted molar refractivity (Wildman–Crippen MR) is 97.3 cm³/mol. The van der Waals surface area contributed by atoms with Gasteiger partial charge >= 0.3 is 5.97 Å². The molecule has 26 heavy (non-hydrogen) atoms. The SMILES string of the molecule is C[C@@H](OC(=O)/C=C/c1ccccc1[N+](=O)[O-])C(=O)N(C)C1CCCCC1. The molecule has 1 aromatic carbocycles. The molecule has 1 aromatic rings. The number of carbonyl (C=O) groups excluding carboxylic acids is 2. The Morgan fingerprint density at radius 1 is 1.27 bits per heavy atom. The summed E-state index contributed by atoms with van der Waals surface area (Å²) in [6, 6.07) is 6.28. The number of benzene rings is 1. The van der Waals surface area contributed by atoms with Crippen LogP contribution in [-0.2, 0) is 14.3 Å². The Kier molecular flexibility index (Phi) is 6.89. The highest BCUT2D eigenvalue weighted by Crippen LogP contribution is 2.22. The Balaban J connectivity index is 1.94. The first-order valence-electron chi connectivity index (χ1n) is 8.79. The second-order valence-electron chi connectivity index (χ2n) is 6.47. The van der Waals surface area contributed by atoms with Crippen molar-refractivity contribution in [3.8, 4) is 0 Å². The third kappa shape index (κ3) is 5.15. The van der Waals surface area contributed by atoms with Crippen LogP contribution in [0.4, 0.5) is 5.69 Å². The average Bonchev–Trinajstić information content (AvgIpc) is 2.66. The Labute approximate surface area is 152 Å². The van der Waals surface area contributed by atoms with Crippen LogP contribution in [0.2, 0.25) is 0 Å². The zero-order valence-corrected chi connectivity index (χ0v) is 15.1. The van der Waals surface area contributed by atoms with E-state index in [4.69, 9.17) is 4.74 Å². The molecule has 7 nitrogen and oxygen atoms in total. The first kappa shape index (κ1) is 19.6. The van der Waals surface area contributed by atoms with E-state index < -0.39 is 17.0 Å². The number of para-hydroxylation sites is 1. The molecule has 1 atom stereocenters. The molecule has 140 valence electrons. The topological polar surface area (TPSA) is 89.7 Å². The normalized spacial score (nSPS) is 16.2. The third-order valence-corrected chi connectivity index (χ3v) is 4.64. The van der Waals surface area contributed by atoms with Crippen molar-refractivity contribution in [1.82, 2.24) is 4.90 Å². The van der Waals surface area contributed by atoms with E-state index in [0.717, 1.165) is 31.8 Å². The molecule has 2 rings (SSSR count). The van der Waals surface area contributed by atoms with E-state index in [2.05, 4.69) is 0 Å². The van der Waals surface area contributed by atoms with Crippen molar-refractivity contribution in [3.63, 3.8) is 0 Å². The molecule has 1 fully saturated rings. The fourth-order valence-corrected chi connectivity index (χ4v) is 3.15. The molecule has 7 heteroatoms. The number of hydrogen-bond acceptors (Lipinski definition) is 5. The van der Waals surface area contributed by atoms with Gasteiger partial charge in [0.15, 0.2) is 6.10 Å². The minimum atomic E-state index is -0.898. The molecular formula is C19H24N2O5. The van der Waals surface area contributed by atoms with Crippen molar-refractivity contribution >= 4 is 23.6 Å². The Morgan fingerprint density at radius 3 is 2.58 bits per heavy atom. The number of carbonyl (C=O) groups is 2. The quantitative estimate of drug-likeness (QED) is 0.336. The number of likely N-dealkylation sites (N-methyl/N-ethyl adjacent to an activating group) is 1. The van der Waals surface area contributed by atoms with Crippen LogP contribution in [0.15, 0.2) is 30.3 Å². The van der Waals surface area contributed by atoms with Crippen LogP contribution in [0, 0.1) is 10.1 Å². The van der Waals surface area contributed by atoms with Crippen LogP contribution in [-0.4, -0.2) is 40.9 Å². The minimum Gasteiger partial charge on any atom is -0.449 e. The van der Waals surface area contributed by atoms with Crippen molar-refractivity contribution in [2.45, 2.75) is 51.2 Å². The molecule has 1 aliphatic carbocycles. The van der Waals surface area contributed by atoms with Gasteiger partial charge in [-0.1, -0.05) is 31.4 Å². The van der Waals surface area contributed by atoms with Gasteiger partial charge < -0.3 is 9.64 Å². The number of nitrogens with zero attached hydrogens (tertiary/aromatic N) is 2. The van der Waals surface area contributed by atoms with E-state index in [0.29, 0.717) is 5.56 Å². The molecule has 0 radical (unpaired) electrons. The van der Waals surface area contributed by atoms with E-state index in [-0.39, 0.29) is 17.6 Å². The van der Waals surface area contributed by atoms with E-state index in [1.165, 1.54) is 24.6 Å². The van der Waals surface area contributed by atoms with E-state index in [9.17, 15) is 19.7 Å². The summed E-state index contributed by atoms with van der Waals surface area (Å²) in [7, 11) is 1.74. The first-order chi connectivity index (χ1) is 12.4. The fraction of sp³-hybridized carbons (Fsp3) is 0.474. The molecule has 0 heterocycles. The maximum Gasteiger partial charge on any atom is 0.331 e. The van der Waals surface area contributed by atoms with E-state index in [1.54, 1.807) is 31.0 Å². The molecular weight excluding hydrogens is 336 g/mol. The van der Waals surface area contributed by atoms with Gasteiger partial charge in [-0.25, -0.2) is 4.79 Å². The second kappa shape index (κ2) is 9.12. The van der Waals surface area contributed by atoms with Crippen LogP contribution in [0.5, 0.6) is 0 Å². The van der Waals surface area contributed by atoms with E-state index in [1.807, 2.05) is 0 Å². The summed E-state index contributed by atoms with van der Waals surface area (Å²) in [5, 5.41) is 11.0. The highest BCUT2D eigenvalue weighted by molar-refractivity contribution is 5.90. The van der Waals surface area contributed by atoms with Crippen LogP contribution in [0.3, 0.4) is 0 Å². The van der Waals surface area contributed by atoms with Gasteiger partial charge in [-0.15, -0.1) is 0 Å². The molecule has 1 aliphatic rings. The molecule has 0 N–H and O–H groups in total. The number of hydrogen-bond donors (Lipinski definition) is 0. The number of nitro groups is 1. The summed E-state index contributed by atoms with van der Waals surface area (Å²) >= 11 is 0. The zero-order valence-electron chi connectivity index (χ0n) is 15.1. The number of esters is 1. The summed E-state index contributed by atoms with van der Waals surface area (Å²) < 4.78 is 5.16. The van der Waals surface area contributed by atoms with Crippen molar-refractivity contribution in [2.75, 3.05) is 7.05 Å². The van der Waals surface area contributed by atoms with Gasteiger partial charge in [0, 0.05) is 25.2 Å². The Morgan fingerprint density at radius 2 is 1.92 bits per heavy atom. The first-order valence-corrected chi connectivity index (χ1v) is 8.79. The fourth-order valence-electron chi connectivity index (χ4n) is 3.15. The highest BCUT2D eigenvalue weighted by atomic mass is 16.6. The van der Waals surface area contributed by atoms with Gasteiger partial charge in [0.05, 0.1) is 10.5 Å². The van der Waals surface area contributed by atoms with Gasteiger partial charge in [-0.2, -0.15) is 0 Å². The van der Waals surface area contributed by atoms with Crippen LogP contribution in [0.1, 0.15) is 44.6 Å². The molecule has 0 bridgehead atoms. The van der Waals surface area contributed by atoms with Crippen molar-refractivity contribution < 1.29 is 19.2 Å². The number of amides is 1. The zero-order chi connectivity index (χ0) is 19.1. The lowest BCUT2D eigenvalue weighted by Gasteiger charge is -2.32. The molecule has 0 aliphatic heterocycles. The number of rotatable bonds is 6. The third-order valence-electron chi connectivity index (χ3n) is 4.64. The molecule has 0 aromatic heterocycles. The van der Waals surface area contributed by atoms with Crippen molar-refractivity contribution in [1.29, 1.82) is 0 Å². The molecule has 0 unspecified atom stereocenters. The largest absolute Gasteiger partial charge is 0.449 e. The standard InChI is InChI=1S/C19H24N2O5/c1-14(19(23)20(2)16-9-4-3-5-10-16)26-18(22)13-12-15-8-6-7-11-17(15)21(24)25/h6-8,11-14,16H,3-5,9-10H2,1-2H3/b13-12+/t14-/m1/s1. The number of nitro benzene ring substituents is 1. The van der Waals surface area contributed by atoms with Gasteiger partial charge in [-0.05, 0) is 31.9 Å². The summed E-state index contributed by atoms with van der Waals surface area (Å²) in [6.45, 7) is 1.54. The monoisotopic (exact) mass is 360 g/mol. The lowest BCUT2D eigenvalue weighted by molar-refractivity contribution is -0.385. The summed E-state index contributed by atoms with van der Waals surface area (Å²) in [5.74, 6) is -0.939. The van der Waals surface area contributed by atoms with Gasteiger partial charge in [-0.3, -0.25) is 14.9 Å². The van der Waals surface area contributed by atoms with Crippen molar-refractivity contribution in [3.05, 3.63) is 46.0 Å². The van der Waals surface area contributed by atoms with Crippen LogP contribution >= 0.6 is 0 Å². The summed E-state index contributed by atoms with van der Waals surface area (Å²) in [5.41, 5.74) is 0.199. The molecule has 0 saturated heterocycles. The van der Waals surface area contributed by atoms with Gasteiger partial charge in [0.2, 0.25) is 0 Å². The Bertz CT molecular complexity index is 695. The second-order valence-corrected chi connectivity index (χ2v) is 6.47. The smallest absolute Gasteiger partial charge is 0.331 e. The lowest BCUT2D eigenvalue weighted by atomic mass is 9.94. The number of ether oxygens (including phenoxy) is 1. The lowest BCUT2D eigenvalue weighted by Crippen LogP contribution is -2.44. The molecule has 0 spiro atoms. The average molecular weight is 360 g/mol. The predicted octanol–water partition coefficient (Wildman–Crippen LogP) is 3.33. The summed E-state index contributed by atoms with van der Waals surface area (Å²) in [4.78, 5) is 36.5. The molecule has 1 amide bonds. The highest BCUT2D eigenvalue weighted by Gasteiger charge is 2.27. The van der Waals surface area contributed by atoms with Crippen molar-refractivity contribution in [2.24, 2.45) is 0 Å². The summed E-state index contributed by atoms with van der Waals surface area (Å²) in [6.07, 6.45) is 6.88. The maximum absolute atomic E-state index is 12.4. The molecule has 1 saturated carbocycles. The van der Waals surface area contributed by atoms with Gasteiger partial charge in [0.1, 0.15) is 0 Å².